The molecule has 1 unspecified atom stereocenters. The van der Waals surface area contributed by atoms with E-state index in [0.717, 1.165) is 18.7 Å². The van der Waals surface area contributed by atoms with Crippen molar-refractivity contribution in [3.63, 3.8) is 0 Å². The number of aryl methyl sites for hydroxylation is 1. The second-order valence-electron chi connectivity index (χ2n) is 4.71. The van der Waals surface area contributed by atoms with Gasteiger partial charge in [0.1, 0.15) is 0 Å². The van der Waals surface area contributed by atoms with Crippen LogP contribution in [0.25, 0.3) is 11.3 Å². The lowest BCUT2D eigenvalue weighted by Crippen LogP contribution is -2.27. The average molecular weight is 227 g/mol. The average Bonchev–Trinajstić information content (AvgIpc) is 2.76. The maximum atomic E-state index is 4.45. The van der Waals surface area contributed by atoms with Gasteiger partial charge in [-0.15, -0.1) is 0 Å². The zero-order valence-corrected chi connectivity index (χ0v) is 10.3. The van der Waals surface area contributed by atoms with Crippen LogP contribution in [0.15, 0.2) is 30.5 Å². The number of nitrogens with one attached hydrogen (secondary N) is 1. The predicted octanol–water partition coefficient (Wildman–Crippen LogP) is 2.29. The van der Waals surface area contributed by atoms with Crippen molar-refractivity contribution in [1.82, 2.24) is 15.1 Å². The number of aromatic nitrogens is 2. The maximum Gasteiger partial charge on any atom is 0.0923 e. The Morgan fingerprint density at radius 1 is 1.35 bits per heavy atom. The minimum Gasteiger partial charge on any atom is -0.310 e. The largest absolute Gasteiger partial charge is 0.310 e. The van der Waals surface area contributed by atoms with Gasteiger partial charge >= 0.3 is 0 Å². The third kappa shape index (κ3) is 1.87. The standard InChI is InChI=1S/C14H17N3/c1-10-13-9-12(14-6-8-17(2)16-14)4-3-11(13)5-7-15-10/h3-4,6,8-10,15H,5,7H2,1-2H3. The van der Waals surface area contributed by atoms with Gasteiger partial charge in [-0.1, -0.05) is 12.1 Å². The molecule has 2 heterocycles. The first-order chi connectivity index (χ1) is 8.24. The van der Waals surface area contributed by atoms with E-state index in [9.17, 15) is 0 Å². The first-order valence-electron chi connectivity index (χ1n) is 6.10. The van der Waals surface area contributed by atoms with Crippen molar-refractivity contribution >= 4 is 0 Å². The summed E-state index contributed by atoms with van der Waals surface area (Å²) >= 11 is 0. The topological polar surface area (TPSA) is 29.9 Å². The second kappa shape index (κ2) is 4.00. The summed E-state index contributed by atoms with van der Waals surface area (Å²) in [6.45, 7) is 3.30. The van der Waals surface area contributed by atoms with Crippen LogP contribution >= 0.6 is 0 Å². The van der Waals surface area contributed by atoms with Crippen molar-refractivity contribution < 1.29 is 0 Å². The molecule has 0 fully saturated rings. The van der Waals surface area contributed by atoms with Crippen molar-refractivity contribution in [3.05, 3.63) is 41.6 Å². The lowest BCUT2D eigenvalue weighted by Gasteiger charge is -2.24. The summed E-state index contributed by atoms with van der Waals surface area (Å²) in [6, 6.07) is 9.20. The Labute approximate surface area is 101 Å². The van der Waals surface area contributed by atoms with E-state index in [0.29, 0.717) is 6.04 Å². The van der Waals surface area contributed by atoms with Gasteiger partial charge in [0.25, 0.3) is 0 Å². The van der Waals surface area contributed by atoms with Crippen molar-refractivity contribution in [3.8, 4) is 11.3 Å². The summed E-state index contributed by atoms with van der Waals surface area (Å²) in [5.41, 5.74) is 5.14. The molecule has 0 saturated carbocycles. The molecule has 0 amide bonds. The zero-order chi connectivity index (χ0) is 11.8. The molecule has 1 atom stereocenters. The first-order valence-corrected chi connectivity index (χ1v) is 6.10. The molecule has 2 aromatic rings. The van der Waals surface area contributed by atoms with E-state index in [-0.39, 0.29) is 0 Å². The Bertz CT molecular complexity index is 542. The minimum absolute atomic E-state index is 0.447. The summed E-state index contributed by atoms with van der Waals surface area (Å²) in [5.74, 6) is 0. The van der Waals surface area contributed by atoms with Crippen molar-refractivity contribution in [2.45, 2.75) is 19.4 Å². The molecule has 0 spiro atoms. The van der Waals surface area contributed by atoms with E-state index in [4.69, 9.17) is 0 Å². The highest BCUT2D eigenvalue weighted by Crippen LogP contribution is 2.27. The van der Waals surface area contributed by atoms with Crippen LogP contribution in [-0.4, -0.2) is 16.3 Å². The van der Waals surface area contributed by atoms with Crippen molar-refractivity contribution in [1.29, 1.82) is 0 Å². The van der Waals surface area contributed by atoms with Gasteiger partial charge in [-0.3, -0.25) is 4.68 Å². The number of nitrogens with zero attached hydrogens (tertiary/aromatic N) is 2. The number of benzene rings is 1. The van der Waals surface area contributed by atoms with Gasteiger partial charge in [0.15, 0.2) is 0 Å². The van der Waals surface area contributed by atoms with Crippen LogP contribution in [-0.2, 0) is 13.5 Å². The molecule has 0 radical (unpaired) electrons. The monoisotopic (exact) mass is 227 g/mol. The van der Waals surface area contributed by atoms with E-state index in [1.807, 2.05) is 17.9 Å². The van der Waals surface area contributed by atoms with Gasteiger partial charge in [-0.25, -0.2) is 0 Å². The van der Waals surface area contributed by atoms with Crippen LogP contribution in [0.5, 0.6) is 0 Å². The molecule has 3 rings (SSSR count). The van der Waals surface area contributed by atoms with Gasteiger partial charge in [-0.05, 0) is 43.1 Å². The number of hydrogen-bond acceptors (Lipinski definition) is 2. The number of hydrogen-bond donors (Lipinski definition) is 1. The highest BCUT2D eigenvalue weighted by Gasteiger charge is 2.16. The molecule has 3 heteroatoms. The lowest BCUT2D eigenvalue weighted by atomic mass is 9.93. The smallest absolute Gasteiger partial charge is 0.0923 e. The summed E-state index contributed by atoms with van der Waals surface area (Å²) in [6.07, 6.45) is 3.11. The molecule has 1 N–H and O–H groups in total. The summed E-state index contributed by atoms with van der Waals surface area (Å²) in [7, 11) is 1.95. The molecule has 0 saturated heterocycles. The Morgan fingerprint density at radius 2 is 2.24 bits per heavy atom. The third-order valence-electron chi connectivity index (χ3n) is 3.47. The molecule has 0 aliphatic carbocycles. The molecule has 1 aliphatic rings. The Balaban J connectivity index is 2.05. The summed E-state index contributed by atoms with van der Waals surface area (Å²) in [4.78, 5) is 0. The second-order valence-corrected chi connectivity index (χ2v) is 4.71. The van der Waals surface area contributed by atoms with E-state index in [2.05, 4.69) is 41.6 Å². The van der Waals surface area contributed by atoms with Gasteiger partial charge in [-0.2, -0.15) is 5.10 Å². The normalized spacial score (nSPS) is 19.1. The van der Waals surface area contributed by atoms with Crippen LogP contribution in [0.3, 0.4) is 0 Å². The van der Waals surface area contributed by atoms with Crippen LogP contribution in [0, 0.1) is 0 Å². The quantitative estimate of drug-likeness (QED) is 0.810. The molecule has 1 aromatic carbocycles. The maximum absolute atomic E-state index is 4.45. The first kappa shape index (κ1) is 10.5. The Morgan fingerprint density at radius 3 is 3.00 bits per heavy atom. The molecule has 88 valence electrons. The SMILES string of the molecule is CC1NCCc2ccc(-c3ccn(C)n3)cc21. The van der Waals surface area contributed by atoms with E-state index in [1.54, 1.807) is 0 Å². The molecule has 1 aromatic heterocycles. The molecule has 0 bridgehead atoms. The highest BCUT2D eigenvalue weighted by atomic mass is 15.2. The van der Waals surface area contributed by atoms with E-state index >= 15 is 0 Å². The van der Waals surface area contributed by atoms with Gasteiger partial charge < -0.3 is 5.32 Å². The summed E-state index contributed by atoms with van der Waals surface area (Å²) < 4.78 is 1.84. The fourth-order valence-corrected chi connectivity index (χ4v) is 2.49. The van der Waals surface area contributed by atoms with Crippen LogP contribution < -0.4 is 5.32 Å². The Kier molecular flexibility index (Phi) is 2.48. The third-order valence-corrected chi connectivity index (χ3v) is 3.47. The van der Waals surface area contributed by atoms with E-state index < -0.39 is 0 Å². The van der Waals surface area contributed by atoms with Crippen molar-refractivity contribution in [2.75, 3.05) is 6.54 Å². The van der Waals surface area contributed by atoms with E-state index in [1.165, 1.54) is 16.7 Å². The number of rotatable bonds is 1. The van der Waals surface area contributed by atoms with Crippen molar-refractivity contribution in [2.24, 2.45) is 7.05 Å². The highest BCUT2D eigenvalue weighted by molar-refractivity contribution is 5.61. The molecular formula is C14H17N3. The fraction of sp³-hybridized carbons (Fsp3) is 0.357. The molecular weight excluding hydrogens is 210 g/mol. The lowest BCUT2D eigenvalue weighted by molar-refractivity contribution is 0.541. The molecule has 3 nitrogen and oxygen atoms in total. The number of fused-ring (bicyclic) bond motifs is 1. The molecule has 17 heavy (non-hydrogen) atoms. The van der Waals surface area contributed by atoms with Gasteiger partial charge in [0.2, 0.25) is 0 Å². The van der Waals surface area contributed by atoms with Crippen LogP contribution in [0.1, 0.15) is 24.1 Å². The minimum atomic E-state index is 0.447. The fourth-order valence-electron chi connectivity index (χ4n) is 2.49. The molecule has 1 aliphatic heterocycles. The Hall–Kier alpha value is -1.61. The van der Waals surface area contributed by atoms with Crippen LogP contribution in [0.2, 0.25) is 0 Å². The predicted molar refractivity (Wildman–Crippen MR) is 68.8 cm³/mol. The summed E-state index contributed by atoms with van der Waals surface area (Å²) in [5, 5.41) is 7.95. The van der Waals surface area contributed by atoms with Gasteiger partial charge in [0.05, 0.1) is 5.69 Å². The zero-order valence-electron chi connectivity index (χ0n) is 10.3. The van der Waals surface area contributed by atoms with Gasteiger partial charge in [0, 0.05) is 24.8 Å². The van der Waals surface area contributed by atoms with Crippen LogP contribution in [0.4, 0.5) is 0 Å².